The fourth-order valence-corrected chi connectivity index (χ4v) is 4.97. The molecule has 186 valence electrons. The SMILES string of the molecule is CCc1ccc2oc3c(c(=O)c2c1)C(c1cccc(OC)c1OC)N(CCCN(CC)CC)C3=O. The van der Waals surface area contributed by atoms with E-state index < -0.39 is 6.04 Å². The van der Waals surface area contributed by atoms with Crippen molar-refractivity contribution in [2.75, 3.05) is 40.4 Å². The van der Waals surface area contributed by atoms with Gasteiger partial charge in [0.2, 0.25) is 5.76 Å². The van der Waals surface area contributed by atoms with Crippen LogP contribution in [0.4, 0.5) is 0 Å². The van der Waals surface area contributed by atoms with Gasteiger partial charge in [0.25, 0.3) is 5.91 Å². The number of aryl methyl sites for hydroxylation is 1. The normalized spacial score (nSPS) is 15.2. The Morgan fingerprint density at radius 2 is 1.80 bits per heavy atom. The monoisotopic (exact) mass is 478 g/mol. The minimum absolute atomic E-state index is 0.115. The second-order valence-corrected chi connectivity index (χ2v) is 8.72. The fourth-order valence-electron chi connectivity index (χ4n) is 4.97. The Bertz CT molecular complexity index is 1280. The lowest BCUT2D eigenvalue weighted by Gasteiger charge is -2.28. The maximum absolute atomic E-state index is 13.9. The second kappa shape index (κ2) is 10.5. The largest absolute Gasteiger partial charge is 0.493 e. The van der Waals surface area contributed by atoms with Gasteiger partial charge in [-0.05, 0) is 56.2 Å². The van der Waals surface area contributed by atoms with Gasteiger partial charge in [-0.1, -0.05) is 39.0 Å². The molecular formula is C28H34N2O5. The first-order valence-electron chi connectivity index (χ1n) is 12.3. The van der Waals surface area contributed by atoms with Gasteiger partial charge in [0.05, 0.1) is 31.2 Å². The Morgan fingerprint density at radius 3 is 2.46 bits per heavy atom. The van der Waals surface area contributed by atoms with Crippen LogP contribution >= 0.6 is 0 Å². The number of amides is 1. The highest BCUT2D eigenvalue weighted by atomic mass is 16.5. The lowest BCUT2D eigenvalue weighted by molar-refractivity contribution is 0.0718. The van der Waals surface area contributed by atoms with E-state index in [0.717, 1.165) is 38.0 Å². The summed E-state index contributed by atoms with van der Waals surface area (Å²) in [6, 6.07) is 10.5. The van der Waals surface area contributed by atoms with E-state index in [1.165, 1.54) is 0 Å². The van der Waals surface area contributed by atoms with Crippen molar-refractivity contribution in [3.63, 3.8) is 0 Å². The van der Waals surface area contributed by atoms with Gasteiger partial charge in [-0.25, -0.2) is 0 Å². The third-order valence-corrected chi connectivity index (χ3v) is 6.93. The summed E-state index contributed by atoms with van der Waals surface area (Å²) in [6.45, 7) is 9.54. The number of fused-ring (bicyclic) bond motifs is 2. The van der Waals surface area contributed by atoms with E-state index >= 15 is 0 Å². The van der Waals surface area contributed by atoms with Crippen LogP contribution in [0.5, 0.6) is 11.5 Å². The molecule has 2 heterocycles. The van der Waals surface area contributed by atoms with Crippen LogP contribution in [0.3, 0.4) is 0 Å². The fraction of sp³-hybridized carbons (Fsp3) is 0.429. The molecule has 1 amide bonds. The first kappa shape index (κ1) is 24.8. The summed E-state index contributed by atoms with van der Waals surface area (Å²) in [4.78, 5) is 31.6. The first-order chi connectivity index (χ1) is 17.0. The summed E-state index contributed by atoms with van der Waals surface area (Å²) in [5, 5.41) is 0.493. The minimum atomic E-state index is -0.620. The van der Waals surface area contributed by atoms with Crippen molar-refractivity contribution in [2.45, 2.75) is 39.7 Å². The zero-order valence-electron chi connectivity index (χ0n) is 21.2. The number of carbonyl (C=O) groups is 1. The first-order valence-corrected chi connectivity index (χ1v) is 12.3. The molecule has 1 atom stereocenters. The number of benzene rings is 2. The molecule has 1 aliphatic rings. The van der Waals surface area contributed by atoms with Gasteiger partial charge >= 0.3 is 0 Å². The highest BCUT2D eigenvalue weighted by Crippen LogP contribution is 2.44. The molecule has 7 heteroatoms. The standard InChI is InChI=1S/C28H34N2O5/c1-6-18-13-14-21-20(17-18)25(31)23-24(19-11-9-12-22(33-4)26(19)34-5)30(28(32)27(23)35-21)16-10-15-29(7-2)8-3/h9,11-14,17,24H,6-8,10,15-16H2,1-5H3. The number of nitrogens with zero attached hydrogens (tertiary/aromatic N) is 2. The molecule has 0 bridgehead atoms. The molecule has 0 saturated carbocycles. The smallest absolute Gasteiger partial charge is 0.290 e. The highest BCUT2D eigenvalue weighted by molar-refractivity contribution is 5.99. The molecule has 4 rings (SSSR count). The van der Waals surface area contributed by atoms with E-state index in [-0.39, 0.29) is 17.1 Å². The summed E-state index contributed by atoms with van der Waals surface area (Å²) in [7, 11) is 3.14. The molecular weight excluding hydrogens is 444 g/mol. The van der Waals surface area contributed by atoms with Gasteiger partial charge in [0, 0.05) is 12.1 Å². The Hall–Kier alpha value is -3.32. The van der Waals surface area contributed by atoms with E-state index in [2.05, 4.69) is 18.7 Å². The summed E-state index contributed by atoms with van der Waals surface area (Å²) in [6.07, 6.45) is 1.58. The molecule has 2 aromatic carbocycles. The maximum Gasteiger partial charge on any atom is 0.290 e. The van der Waals surface area contributed by atoms with Crippen molar-refractivity contribution in [1.29, 1.82) is 0 Å². The summed E-state index contributed by atoms with van der Waals surface area (Å²) in [5.41, 5.74) is 2.37. The molecule has 0 saturated heterocycles. The summed E-state index contributed by atoms with van der Waals surface area (Å²) >= 11 is 0. The van der Waals surface area contributed by atoms with Gasteiger partial charge in [0.15, 0.2) is 16.9 Å². The molecule has 7 nitrogen and oxygen atoms in total. The average Bonchev–Trinajstić information content (AvgIpc) is 3.17. The number of rotatable bonds is 10. The Balaban J connectivity index is 1.89. The van der Waals surface area contributed by atoms with Crippen LogP contribution in [-0.2, 0) is 6.42 Å². The van der Waals surface area contributed by atoms with E-state index in [9.17, 15) is 9.59 Å². The van der Waals surface area contributed by atoms with E-state index in [0.29, 0.717) is 40.1 Å². The lowest BCUT2D eigenvalue weighted by atomic mass is 9.96. The third kappa shape index (κ3) is 4.41. The molecule has 0 aliphatic carbocycles. The van der Waals surface area contributed by atoms with Crippen LogP contribution in [-0.4, -0.2) is 56.1 Å². The number of carbonyl (C=O) groups excluding carboxylic acids is 1. The van der Waals surface area contributed by atoms with Crippen LogP contribution in [0, 0.1) is 0 Å². The zero-order valence-corrected chi connectivity index (χ0v) is 21.2. The molecule has 35 heavy (non-hydrogen) atoms. The predicted molar refractivity (Wildman–Crippen MR) is 137 cm³/mol. The average molecular weight is 479 g/mol. The molecule has 1 unspecified atom stereocenters. The van der Waals surface area contributed by atoms with Crippen molar-refractivity contribution in [3.05, 3.63) is 69.1 Å². The topological polar surface area (TPSA) is 72.2 Å². The van der Waals surface area contributed by atoms with E-state index in [4.69, 9.17) is 13.9 Å². The quantitative estimate of drug-likeness (QED) is 0.422. The van der Waals surface area contributed by atoms with Gasteiger partial charge in [-0.3, -0.25) is 9.59 Å². The van der Waals surface area contributed by atoms with Crippen LogP contribution in [0.25, 0.3) is 11.0 Å². The molecule has 3 aromatic rings. The van der Waals surface area contributed by atoms with Crippen LogP contribution < -0.4 is 14.9 Å². The van der Waals surface area contributed by atoms with E-state index in [1.54, 1.807) is 31.3 Å². The van der Waals surface area contributed by atoms with Crippen LogP contribution in [0.15, 0.2) is 45.6 Å². The molecule has 1 aromatic heterocycles. The van der Waals surface area contributed by atoms with Gasteiger partial charge < -0.3 is 23.7 Å². The Morgan fingerprint density at radius 1 is 1.03 bits per heavy atom. The molecule has 0 fully saturated rings. The number of hydrogen-bond acceptors (Lipinski definition) is 6. The third-order valence-electron chi connectivity index (χ3n) is 6.93. The lowest BCUT2D eigenvalue weighted by Crippen LogP contribution is -2.33. The van der Waals surface area contributed by atoms with Crippen molar-refractivity contribution in [1.82, 2.24) is 9.80 Å². The summed E-state index contributed by atoms with van der Waals surface area (Å²) in [5.74, 6) is 0.904. The minimum Gasteiger partial charge on any atom is -0.493 e. The number of ether oxygens (including phenoxy) is 2. The maximum atomic E-state index is 13.9. The molecule has 0 spiro atoms. The summed E-state index contributed by atoms with van der Waals surface area (Å²) < 4.78 is 17.3. The van der Waals surface area contributed by atoms with Crippen molar-refractivity contribution >= 4 is 16.9 Å². The van der Waals surface area contributed by atoms with Crippen molar-refractivity contribution < 1.29 is 18.7 Å². The van der Waals surface area contributed by atoms with Gasteiger partial charge in [-0.15, -0.1) is 0 Å². The zero-order chi connectivity index (χ0) is 25.1. The predicted octanol–water partition coefficient (Wildman–Crippen LogP) is 4.65. The van der Waals surface area contributed by atoms with Gasteiger partial charge in [0.1, 0.15) is 5.58 Å². The van der Waals surface area contributed by atoms with Gasteiger partial charge in [-0.2, -0.15) is 0 Å². The number of para-hydroxylation sites is 1. The second-order valence-electron chi connectivity index (χ2n) is 8.72. The Kier molecular flexibility index (Phi) is 7.45. The molecule has 0 N–H and O–H groups in total. The van der Waals surface area contributed by atoms with Crippen molar-refractivity contribution in [2.24, 2.45) is 0 Å². The molecule has 0 radical (unpaired) electrons. The van der Waals surface area contributed by atoms with Crippen LogP contribution in [0.2, 0.25) is 0 Å². The Labute approximate surface area is 206 Å². The van der Waals surface area contributed by atoms with Crippen LogP contribution in [0.1, 0.15) is 60.5 Å². The number of methoxy groups -OCH3 is 2. The van der Waals surface area contributed by atoms with E-state index in [1.807, 2.05) is 31.2 Å². The number of hydrogen-bond donors (Lipinski definition) is 0. The molecule has 1 aliphatic heterocycles. The highest BCUT2D eigenvalue weighted by Gasteiger charge is 2.44. The van der Waals surface area contributed by atoms with Crippen molar-refractivity contribution in [3.8, 4) is 11.5 Å².